The molecule has 0 aromatic carbocycles. The lowest BCUT2D eigenvalue weighted by Gasteiger charge is -2.18. The molecule has 0 radical (unpaired) electrons. The molecule has 1 fully saturated rings. The van der Waals surface area contributed by atoms with E-state index in [-0.39, 0.29) is 6.04 Å². The molecule has 1 unspecified atom stereocenters. The van der Waals surface area contributed by atoms with E-state index in [1.54, 1.807) is 12.4 Å². The zero-order valence-electron chi connectivity index (χ0n) is 12.2. The molecule has 110 valence electrons. The Kier molecular flexibility index (Phi) is 2.82. The van der Waals surface area contributed by atoms with Gasteiger partial charge in [0.25, 0.3) is 0 Å². The molecule has 7 nitrogen and oxygen atoms in total. The third kappa shape index (κ3) is 2.00. The Morgan fingerprint density at radius 2 is 2.32 bits per heavy atom. The summed E-state index contributed by atoms with van der Waals surface area (Å²) in [6.45, 7) is 3.74. The van der Waals surface area contributed by atoms with Gasteiger partial charge in [0.15, 0.2) is 5.82 Å². The summed E-state index contributed by atoms with van der Waals surface area (Å²) < 4.78 is 3.76. The Bertz CT molecular complexity index is 870. The Hall–Kier alpha value is -2.88. The molecule has 0 aliphatic carbocycles. The van der Waals surface area contributed by atoms with E-state index in [1.807, 2.05) is 28.5 Å². The highest BCUT2D eigenvalue weighted by Gasteiger charge is 2.27. The Morgan fingerprint density at radius 1 is 1.41 bits per heavy atom. The highest BCUT2D eigenvalue weighted by Crippen LogP contribution is 2.28. The van der Waals surface area contributed by atoms with Crippen LogP contribution in [0.5, 0.6) is 0 Å². The maximum atomic E-state index is 8.91. The van der Waals surface area contributed by atoms with Crippen LogP contribution in [0.3, 0.4) is 0 Å². The summed E-state index contributed by atoms with van der Waals surface area (Å²) in [7, 11) is 0. The van der Waals surface area contributed by atoms with E-state index in [1.165, 1.54) is 0 Å². The molecule has 0 spiro atoms. The van der Waals surface area contributed by atoms with Gasteiger partial charge >= 0.3 is 0 Å². The van der Waals surface area contributed by atoms with Crippen LogP contribution < -0.4 is 4.90 Å². The Balaban J connectivity index is 1.63. The molecule has 0 bridgehead atoms. The van der Waals surface area contributed by atoms with Gasteiger partial charge in [-0.1, -0.05) is 0 Å². The van der Waals surface area contributed by atoms with Crippen LogP contribution in [0.15, 0.2) is 30.9 Å². The van der Waals surface area contributed by atoms with Gasteiger partial charge in [0.1, 0.15) is 11.6 Å². The summed E-state index contributed by atoms with van der Waals surface area (Å²) in [5, 5.41) is 17.6. The number of anilines is 1. The van der Waals surface area contributed by atoms with Crippen molar-refractivity contribution in [1.29, 1.82) is 5.26 Å². The van der Waals surface area contributed by atoms with Crippen molar-refractivity contribution in [1.82, 2.24) is 24.4 Å². The lowest BCUT2D eigenvalue weighted by molar-refractivity contribution is 0.494. The first-order valence-corrected chi connectivity index (χ1v) is 7.25. The number of hydrogen-bond acceptors (Lipinski definition) is 5. The van der Waals surface area contributed by atoms with Crippen molar-refractivity contribution in [2.75, 3.05) is 18.0 Å². The quantitative estimate of drug-likeness (QED) is 0.716. The maximum absolute atomic E-state index is 8.91. The summed E-state index contributed by atoms with van der Waals surface area (Å²) in [4.78, 5) is 6.79. The highest BCUT2D eigenvalue weighted by atomic mass is 15.3. The molecule has 1 aliphatic heterocycles. The molecule has 3 aromatic heterocycles. The molecule has 0 N–H and O–H groups in total. The molecule has 0 saturated carbocycles. The van der Waals surface area contributed by atoms with Crippen LogP contribution in [0.2, 0.25) is 0 Å². The van der Waals surface area contributed by atoms with E-state index in [0.29, 0.717) is 5.56 Å². The number of aromatic nitrogens is 5. The van der Waals surface area contributed by atoms with Gasteiger partial charge in [0.2, 0.25) is 0 Å². The van der Waals surface area contributed by atoms with Crippen molar-refractivity contribution in [3.63, 3.8) is 0 Å². The zero-order valence-corrected chi connectivity index (χ0v) is 12.2. The van der Waals surface area contributed by atoms with Crippen LogP contribution in [0.25, 0.3) is 5.52 Å². The molecular weight excluding hydrogens is 278 g/mol. The van der Waals surface area contributed by atoms with E-state index in [4.69, 9.17) is 5.26 Å². The van der Waals surface area contributed by atoms with Crippen LogP contribution >= 0.6 is 0 Å². The highest BCUT2D eigenvalue weighted by molar-refractivity contribution is 5.69. The molecule has 22 heavy (non-hydrogen) atoms. The van der Waals surface area contributed by atoms with Crippen LogP contribution in [0, 0.1) is 18.3 Å². The monoisotopic (exact) mass is 293 g/mol. The van der Waals surface area contributed by atoms with Gasteiger partial charge in [-0.25, -0.2) is 9.50 Å². The SMILES string of the molecule is Cc1cc2c(N3CCC(n4cc(C#N)cn4)C3)nccn2n1. The number of hydrogen-bond donors (Lipinski definition) is 0. The van der Waals surface area contributed by atoms with Crippen LogP contribution in [-0.4, -0.2) is 37.5 Å². The molecule has 4 rings (SSSR count). The second-order valence-corrected chi connectivity index (χ2v) is 5.58. The lowest BCUT2D eigenvalue weighted by atomic mass is 10.3. The topological polar surface area (TPSA) is 75.0 Å². The molecule has 7 heteroatoms. The van der Waals surface area contributed by atoms with E-state index in [2.05, 4.69) is 32.2 Å². The molecule has 4 heterocycles. The third-order valence-electron chi connectivity index (χ3n) is 4.06. The second-order valence-electron chi connectivity index (χ2n) is 5.58. The zero-order chi connectivity index (χ0) is 15.1. The smallest absolute Gasteiger partial charge is 0.154 e. The number of rotatable bonds is 2. The normalized spacial score (nSPS) is 18.0. The first-order chi connectivity index (χ1) is 10.7. The van der Waals surface area contributed by atoms with Gasteiger partial charge in [-0.05, 0) is 19.4 Å². The largest absolute Gasteiger partial charge is 0.353 e. The van der Waals surface area contributed by atoms with E-state index in [0.717, 1.165) is 36.5 Å². The van der Waals surface area contributed by atoms with Crippen molar-refractivity contribution >= 4 is 11.3 Å². The van der Waals surface area contributed by atoms with Crippen LogP contribution in [-0.2, 0) is 0 Å². The molecular formula is C15H15N7. The predicted molar refractivity (Wildman–Crippen MR) is 80.5 cm³/mol. The Labute approximate surface area is 127 Å². The van der Waals surface area contributed by atoms with Gasteiger partial charge in [-0.2, -0.15) is 15.5 Å². The van der Waals surface area contributed by atoms with Crippen LogP contribution in [0.1, 0.15) is 23.7 Å². The minimum Gasteiger partial charge on any atom is -0.353 e. The van der Waals surface area contributed by atoms with Crippen molar-refractivity contribution in [2.24, 2.45) is 0 Å². The minimum absolute atomic E-state index is 0.271. The first-order valence-electron chi connectivity index (χ1n) is 7.25. The summed E-state index contributed by atoms with van der Waals surface area (Å²) in [6, 6.07) is 4.44. The van der Waals surface area contributed by atoms with Gasteiger partial charge in [-0.3, -0.25) is 4.68 Å². The molecule has 1 aliphatic rings. The Morgan fingerprint density at radius 3 is 3.14 bits per heavy atom. The number of aryl methyl sites for hydroxylation is 1. The van der Waals surface area contributed by atoms with E-state index in [9.17, 15) is 0 Å². The van der Waals surface area contributed by atoms with Gasteiger partial charge < -0.3 is 4.90 Å². The fraction of sp³-hybridized carbons (Fsp3) is 0.333. The average molecular weight is 293 g/mol. The summed E-state index contributed by atoms with van der Waals surface area (Å²) in [5.41, 5.74) is 2.61. The van der Waals surface area contributed by atoms with Crippen molar-refractivity contribution in [2.45, 2.75) is 19.4 Å². The van der Waals surface area contributed by atoms with Crippen molar-refractivity contribution < 1.29 is 0 Å². The second kappa shape index (κ2) is 4.84. The standard InChI is InChI=1S/C15H15N7/c1-11-6-14-15(17-3-5-21(14)19-11)20-4-2-13(10-20)22-9-12(7-16)8-18-22/h3,5-6,8-9,13H,2,4,10H2,1H3. The number of nitriles is 1. The molecule has 1 atom stereocenters. The minimum atomic E-state index is 0.271. The maximum Gasteiger partial charge on any atom is 0.154 e. The molecule has 3 aromatic rings. The first kappa shape index (κ1) is 12.8. The fourth-order valence-electron chi connectivity index (χ4n) is 3.02. The van der Waals surface area contributed by atoms with Crippen molar-refractivity contribution in [3.8, 4) is 6.07 Å². The molecule has 0 amide bonds. The summed E-state index contributed by atoms with van der Waals surface area (Å²) in [6.07, 6.45) is 8.06. The third-order valence-corrected chi connectivity index (χ3v) is 4.06. The van der Waals surface area contributed by atoms with Crippen LogP contribution in [0.4, 0.5) is 5.82 Å². The lowest BCUT2D eigenvalue weighted by Crippen LogP contribution is -2.22. The van der Waals surface area contributed by atoms with E-state index < -0.39 is 0 Å². The number of nitrogens with zero attached hydrogens (tertiary/aromatic N) is 7. The van der Waals surface area contributed by atoms with E-state index >= 15 is 0 Å². The number of fused-ring (bicyclic) bond motifs is 1. The van der Waals surface area contributed by atoms with Gasteiger partial charge in [-0.15, -0.1) is 0 Å². The molecule has 1 saturated heterocycles. The summed E-state index contributed by atoms with van der Waals surface area (Å²) >= 11 is 0. The van der Waals surface area contributed by atoms with Gasteiger partial charge in [0, 0.05) is 31.7 Å². The van der Waals surface area contributed by atoms with Gasteiger partial charge in [0.05, 0.1) is 23.5 Å². The summed E-state index contributed by atoms with van der Waals surface area (Å²) in [5.74, 6) is 0.957. The van der Waals surface area contributed by atoms with Crippen molar-refractivity contribution in [3.05, 3.63) is 42.1 Å². The fourth-order valence-corrected chi connectivity index (χ4v) is 3.02. The predicted octanol–water partition coefficient (Wildman–Crippen LogP) is 1.56. The average Bonchev–Trinajstić information content (AvgIpc) is 3.24.